The Morgan fingerprint density at radius 3 is 2.21 bits per heavy atom. The molecule has 0 saturated heterocycles. The minimum atomic E-state index is -4.95. The monoisotopic (exact) mass is 498 g/mol. The van der Waals surface area contributed by atoms with E-state index in [0.29, 0.717) is 17.5 Å². The zero-order valence-corrected chi connectivity index (χ0v) is 18.7. The van der Waals surface area contributed by atoms with Crippen molar-refractivity contribution in [1.82, 2.24) is 0 Å². The lowest BCUT2D eigenvalue weighted by Crippen LogP contribution is -2.23. The number of nitrogens with one attached hydrogen (secondary N) is 2. The summed E-state index contributed by atoms with van der Waals surface area (Å²) in [7, 11) is -3.11. The number of benzene rings is 3. The molecular formula is C22H18ClF3N2O4S. The smallest absolute Gasteiger partial charge is 0.417 e. The van der Waals surface area contributed by atoms with Crippen molar-refractivity contribution in [2.75, 3.05) is 24.3 Å². The zero-order valence-electron chi connectivity index (χ0n) is 17.1. The third-order valence-corrected chi connectivity index (χ3v) is 6.65. The standard InChI is InChI=1S/C22H18ClF3N2O4S/c1-32-16-9-7-15(8-10-16)28-20(29)13-27-19-4-2-3-18(22(24,25)26)21(19)33(30,31)17-11-5-14(23)6-12-17/h2-12,27H,13H2,1H3,(H,28,29). The minimum absolute atomic E-state index is 0.228. The molecule has 0 bridgehead atoms. The first kappa shape index (κ1) is 24.4. The minimum Gasteiger partial charge on any atom is -0.497 e. The van der Waals surface area contributed by atoms with Crippen LogP contribution in [0, 0.1) is 0 Å². The summed E-state index contributed by atoms with van der Waals surface area (Å²) in [6.45, 7) is -0.476. The van der Waals surface area contributed by atoms with Gasteiger partial charge in [-0.2, -0.15) is 13.2 Å². The van der Waals surface area contributed by atoms with Crippen LogP contribution in [0.4, 0.5) is 24.5 Å². The fourth-order valence-electron chi connectivity index (χ4n) is 2.98. The van der Waals surface area contributed by atoms with Crippen molar-refractivity contribution in [2.45, 2.75) is 16.0 Å². The van der Waals surface area contributed by atoms with Gasteiger partial charge >= 0.3 is 6.18 Å². The van der Waals surface area contributed by atoms with Crippen LogP contribution >= 0.6 is 11.6 Å². The molecule has 3 aromatic carbocycles. The SMILES string of the molecule is COc1ccc(NC(=O)CNc2cccc(C(F)(F)F)c2S(=O)(=O)c2ccc(Cl)cc2)cc1. The molecule has 0 aromatic heterocycles. The Labute approximate surface area is 193 Å². The van der Waals surface area contributed by atoms with Gasteiger partial charge in [-0.25, -0.2) is 8.42 Å². The first-order valence-electron chi connectivity index (χ1n) is 9.41. The normalized spacial score (nSPS) is 11.7. The Balaban J connectivity index is 1.92. The number of methoxy groups -OCH3 is 1. The average Bonchev–Trinajstić information content (AvgIpc) is 2.77. The number of rotatable bonds is 7. The Bertz CT molecular complexity index is 1250. The summed E-state index contributed by atoms with van der Waals surface area (Å²) in [5, 5.41) is 5.30. The lowest BCUT2D eigenvalue weighted by atomic mass is 10.2. The van der Waals surface area contributed by atoms with Crippen LogP contribution in [0.5, 0.6) is 5.75 Å². The van der Waals surface area contributed by atoms with Gasteiger partial charge in [-0.3, -0.25) is 4.79 Å². The molecule has 0 fully saturated rings. The molecular weight excluding hydrogens is 481 g/mol. The predicted octanol–water partition coefficient (Wildman–Crippen LogP) is 5.25. The molecule has 0 spiro atoms. The van der Waals surface area contributed by atoms with Crippen LogP contribution < -0.4 is 15.4 Å². The van der Waals surface area contributed by atoms with E-state index in [1.54, 1.807) is 24.3 Å². The number of carbonyl (C=O) groups is 1. The average molecular weight is 499 g/mol. The zero-order chi connectivity index (χ0) is 24.2. The molecule has 0 radical (unpaired) electrons. The predicted molar refractivity (Wildman–Crippen MR) is 118 cm³/mol. The van der Waals surface area contributed by atoms with Crippen molar-refractivity contribution in [3.63, 3.8) is 0 Å². The molecule has 0 aliphatic rings. The fourth-order valence-corrected chi connectivity index (χ4v) is 4.73. The first-order chi connectivity index (χ1) is 15.5. The van der Waals surface area contributed by atoms with Crippen LogP contribution in [0.2, 0.25) is 5.02 Å². The summed E-state index contributed by atoms with van der Waals surface area (Å²) < 4.78 is 72.3. The number of halogens is 4. The molecule has 2 N–H and O–H groups in total. The molecule has 0 aliphatic heterocycles. The van der Waals surface area contributed by atoms with Crippen molar-refractivity contribution in [3.05, 3.63) is 77.3 Å². The molecule has 3 aromatic rings. The van der Waals surface area contributed by atoms with E-state index in [9.17, 15) is 26.4 Å². The molecule has 1 amide bonds. The summed E-state index contributed by atoms with van der Waals surface area (Å²) in [6.07, 6.45) is -4.95. The molecule has 11 heteroatoms. The number of alkyl halides is 3. The van der Waals surface area contributed by atoms with Gasteiger partial charge in [0.25, 0.3) is 0 Å². The van der Waals surface area contributed by atoms with E-state index in [1.807, 2.05) is 0 Å². The number of carbonyl (C=O) groups excluding carboxylic acids is 1. The number of hydrogen-bond donors (Lipinski definition) is 2. The molecule has 174 valence electrons. The quantitative estimate of drug-likeness (QED) is 0.465. The number of sulfone groups is 1. The van der Waals surface area contributed by atoms with Gasteiger partial charge in [-0.15, -0.1) is 0 Å². The summed E-state index contributed by atoms with van der Waals surface area (Å²) in [6, 6.07) is 14.1. The van der Waals surface area contributed by atoms with E-state index in [2.05, 4.69) is 10.6 Å². The van der Waals surface area contributed by atoms with Crippen LogP contribution in [0.15, 0.2) is 76.5 Å². The van der Waals surface area contributed by atoms with Gasteiger partial charge in [0.2, 0.25) is 15.7 Å². The van der Waals surface area contributed by atoms with Crippen molar-refractivity contribution in [1.29, 1.82) is 0 Å². The maximum absolute atomic E-state index is 13.7. The van der Waals surface area contributed by atoms with Crippen molar-refractivity contribution < 1.29 is 31.1 Å². The van der Waals surface area contributed by atoms with E-state index in [1.165, 1.54) is 25.3 Å². The summed E-state index contributed by atoms with van der Waals surface area (Å²) in [5.74, 6) is -0.0143. The van der Waals surface area contributed by atoms with E-state index in [4.69, 9.17) is 16.3 Å². The Morgan fingerprint density at radius 1 is 1.00 bits per heavy atom. The molecule has 0 atom stereocenters. The van der Waals surface area contributed by atoms with Crippen molar-refractivity contribution in [2.24, 2.45) is 0 Å². The maximum Gasteiger partial charge on any atom is 0.417 e. The molecule has 33 heavy (non-hydrogen) atoms. The van der Waals surface area contributed by atoms with Crippen molar-refractivity contribution >= 4 is 38.7 Å². The maximum atomic E-state index is 13.7. The molecule has 0 aliphatic carbocycles. The van der Waals surface area contributed by atoms with Crippen LogP contribution in [0.3, 0.4) is 0 Å². The highest BCUT2D eigenvalue weighted by atomic mass is 35.5. The Morgan fingerprint density at radius 2 is 1.64 bits per heavy atom. The van der Waals surface area contributed by atoms with E-state index in [0.717, 1.165) is 18.2 Å². The van der Waals surface area contributed by atoms with Gasteiger partial charge in [0, 0.05) is 10.7 Å². The highest BCUT2D eigenvalue weighted by Gasteiger charge is 2.39. The van der Waals surface area contributed by atoms with Crippen LogP contribution in [-0.4, -0.2) is 28.0 Å². The van der Waals surface area contributed by atoms with E-state index < -0.39 is 38.9 Å². The van der Waals surface area contributed by atoms with Gasteiger partial charge in [0.15, 0.2) is 0 Å². The third-order valence-electron chi connectivity index (χ3n) is 4.53. The Kier molecular flexibility index (Phi) is 7.19. The molecule has 3 rings (SSSR count). The number of anilines is 2. The summed E-state index contributed by atoms with van der Waals surface area (Å²) >= 11 is 5.77. The topological polar surface area (TPSA) is 84.5 Å². The van der Waals surface area contributed by atoms with Gasteiger partial charge in [-0.1, -0.05) is 17.7 Å². The second-order valence-corrected chi connectivity index (χ2v) is 9.09. The van der Waals surface area contributed by atoms with Gasteiger partial charge in [0.05, 0.1) is 29.8 Å². The second-order valence-electron chi connectivity index (χ2n) is 6.77. The number of hydrogen-bond acceptors (Lipinski definition) is 5. The highest BCUT2D eigenvalue weighted by molar-refractivity contribution is 7.91. The number of ether oxygens (including phenoxy) is 1. The molecule has 0 saturated carbocycles. The third kappa shape index (κ3) is 5.77. The lowest BCUT2D eigenvalue weighted by molar-refractivity contribution is -0.139. The summed E-state index contributed by atoms with van der Waals surface area (Å²) in [5.41, 5.74) is -1.27. The second kappa shape index (κ2) is 9.72. The van der Waals surface area contributed by atoms with Gasteiger partial charge in [0.1, 0.15) is 10.6 Å². The largest absolute Gasteiger partial charge is 0.497 e. The van der Waals surface area contributed by atoms with E-state index in [-0.39, 0.29) is 15.6 Å². The van der Waals surface area contributed by atoms with E-state index >= 15 is 0 Å². The first-order valence-corrected chi connectivity index (χ1v) is 11.3. The summed E-state index contributed by atoms with van der Waals surface area (Å²) in [4.78, 5) is 11.0. The lowest BCUT2D eigenvalue weighted by Gasteiger charge is -2.18. The fraction of sp³-hybridized carbons (Fsp3) is 0.136. The number of amides is 1. The van der Waals surface area contributed by atoms with Gasteiger partial charge < -0.3 is 15.4 Å². The van der Waals surface area contributed by atoms with Crippen LogP contribution in [0.1, 0.15) is 5.56 Å². The van der Waals surface area contributed by atoms with Crippen molar-refractivity contribution in [3.8, 4) is 5.75 Å². The highest BCUT2D eigenvalue weighted by Crippen LogP contribution is 2.40. The Hall–Kier alpha value is -3.24. The van der Waals surface area contributed by atoms with Gasteiger partial charge in [-0.05, 0) is 60.7 Å². The van der Waals surface area contributed by atoms with Crippen LogP contribution in [0.25, 0.3) is 0 Å². The molecule has 0 unspecified atom stereocenters. The molecule has 6 nitrogen and oxygen atoms in total. The van der Waals surface area contributed by atoms with Crippen LogP contribution in [-0.2, 0) is 20.8 Å². The molecule has 0 heterocycles.